The predicted molar refractivity (Wildman–Crippen MR) is 123 cm³/mol. The van der Waals surface area contributed by atoms with Crippen LogP contribution < -0.4 is 0 Å². The number of allylic oxidation sites excluding steroid dienone is 1. The Morgan fingerprint density at radius 1 is 1.06 bits per heavy atom. The van der Waals surface area contributed by atoms with Gasteiger partial charge < -0.3 is 9.84 Å². The summed E-state index contributed by atoms with van der Waals surface area (Å²) < 4.78 is 6.01. The molecule has 0 bridgehead atoms. The molecule has 8 atom stereocenters. The first-order valence-electron chi connectivity index (χ1n) is 12.5. The van der Waals surface area contributed by atoms with Gasteiger partial charge in [-0.15, -0.1) is 0 Å². The monoisotopic (exact) mass is 422 g/mol. The molecule has 5 rings (SSSR count). The Bertz CT molecular complexity index is 860. The van der Waals surface area contributed by atoms with Crippen LogP contribution in [-0.4, -0.2) is 23.3 Å². The zero-order valence-corrected chi connectivity index (χ0v) is 19.3. The normalized spacial score (nSPS) is 42.6. The molecule has 0 heterocycles. The average molecular weight is 423 g/mol. The lowest BCUT2D eigenvalue weighted by atomic mass is 9.47. The Hall–Kier alpha value is -1.61. The quantitative estimate of drug-likeness (QED) is 0.468. The van der Waals surface area contributed by atoms with Gasteiger partial charge in [-0.05, 0) is 99.0 Å². The van der Waals surface area contributed by atoms with Crippen LogP contribution >= 0.6 is 0 Å². The fraction of sp³-hybridized carbons (Fsp3) is 0.679. The van der Waals surface area contributed by atoms with Crippen LogP contribution in [0, 0.1) is 34.5 Å². The van der Waals surface area contributed by atoms with Crippen LogP contribution in [0.15, 0.2) is 42.0 Å². The summed E-state index contributed by atoms with van der Waals surface area (Å²) in [5.74, 6) is 2.46. The number of carbonyl (C=O) groups excluding carboxylic acids is 1. The number of hydrogen-bond donors (Lipinski definition) is 1. The molecule has 3 saturated carbocycles. The van der Waals surface area contributed by atoms with E-state index >= 15 is 0 Å². The van der Waals surface area contributed by atoms with Crippen LogP contribution in [-0.2, 0) is 4.74 Å². The van der Waals surface area contributed by atoms with Crippen molar-refractivity contribution < 1.29 is 14.6 Å². The van der Waals surface area contributed by atoms with Crippen LogP contribution in [0.5, 0.6) is 0 Å². The van der Waals surface area contributed by atoms with Crippen molar-refractivity contribution >= 4 is 5.97 Å². The molecule has 3 nitrogen and oxygen atoms in total. The summed E-state index contributed by atoms with van der Waals surface area (Å²) in [7, 11) is 0. The van der Waals surface area contributed by atoms with Crippen LogP contribution in [0.4, 0.5) is 0 Å². The molecule has 1 aromatic carbocycles. The van der Waals surface area contributed by atoms with Gasteiger partial charge in [0.25, 0.3) is 0 Å². The standard InChI is InChI=1S/C28H38O3/c1-18(31-26(30)19-7-5-4-6-8-19)23-11-12-24-22-10-9-20-17-21(29)13-15-27(20,2)25(22)14-16-28(23,24)3/h4-9,18,21-25,29H,10-17H2,1-3H3. The van der Waals surface area contributed by atoms with E-state index in [1.165, 1.54) is 37.7 Å². The van der Waals surface area contributed by atoms with Gasteiger partial charge in [0.05, 0.1) is 11.7 Å². The molecule has 1 N–H and O–H groups in total. The Morgan fingerprint density at radius 3 is 2.61 bits per heavy atom. The Morgan fingerprint density at radius 2 is 1.84 bits per heavy atom. The van der Waals surface area contributed by atoms with Gasteiger partial charge in [-0.3, -0.25) is 0 Å². The minimum atomic E-state index is -0.188. The fourth-order valence-electron chi connectivity index (χ4n) is 8.35. The molecular formula is C28H38O3. The molecule has 0 radical (unpaired) electrons. The van der Waals surface area contributed by atoms with Crippen molar-refractivity contribution in [1.82, 2.24) is 0 Å². The first kappa shape index (κ1) is 21.2. The SMILES string of the molecule is CC(OC(=O)c1ccccc1)C1CCC2C3CC=C4CC(O)CCC4(C)C3CCC12C. The van der Waals surface area contributed by atoms with Crippen molar-refractivity contribution in [1.29, 1.82) is 0 Å². The Balaban J connectivity index is 1.34. The van der Waals surface area contributed by atoms with Crippen LogP contribution in [0.25, 0.3) is 0 Å². The van der Waals surface area contributed by atoms with E-state index in [-0.39, 0.29) is 29.0 Å². The van der Waals surface area contributed by atoms with Crippen molar-refractivity contribution in [3.8, 4) is 0 Å². The molecule has 0 aliphatic heterocycles. The van der Waals surface area contributed by atoms with Crippen LogP contribution in [0.1, 0.15) is 82.5 Å². The molecule has 1 aromatic rings. The van der Waals surface area contributed by atoms with Gasteiger partial charge in [-0.2, -0.15) is 0 Å². The first-order valence-corrected chi connectivity index (χ1v) is 12.5. The van der Waals surface area contributed by atoms with Gasteiger partial charge in [0.15, 0.2) is 0 Å². The number of benzene rings is 1. The number of aliphatic hydroxyl groups excluding tert-OH is 1. The summed E-state index contributed by atoms with van der Waals surface area (Å²) in [6, 6.07) is 9.40. The summed E-state index contributed by atoms with van der Waals surface area (Å²) >= 11 is 0. The highest BCUT2D eigenvalue weighted by Gasteiger charge is 2.59. The van der Waals surface area contributed by atoms with Crippen molar-refractivity contribution in [2.24, 2.45) is 34.5 Å². The largest absolute Gasteiger partial charge is 0.459 e. The van der Waals surface area contributed by atoms with E-state index in [4.69, 9.17) is 4.74 Å². The smallest absolute Gasteiger partial charge is 0.338 e. The van der Waals surface area contributed by atoms with Gasteiger partial charge >= 0.3 is 5.97 Å². The third-order valence-electron chi connectivity index (χ3n) is 10.0. The van der Waals surface area contributed by atoms with E-state index in [2.05, 4.69) is 26.8 Å². The zero-order chi connectivity index (χ0) is 21.8. The van der Waals surface area contributed by atoms with E-state index < -0.39 is 0 Å². The summed E-state index contributed by atoms with van der Waals surface area (Å²) in [6.07, 6.45) is 11.4. The summed E-state index contributed by atoms with van der Waals surface area (Å²) in [5.41, 5.74) is 2.73. The van der Waals surface area contributed by atoms with E-state index in [1.54, 1.807) is 0 Å². The maximum atomic E-state index is 12.7. The molecule has 0 spiro atoms. The minimum Gasteiger partial charge on any atom is -0.459 e. The van der Waals surface area contributed by atoms with E-state index in [9.17, 15) is 9.90 Å². The first-order chi connectivity index (χ1) is 14.8. The molecule has 0 amide bonds. The molecule has 8 unspecified atom stereocenters. The molecule has 31 heavy (non-hydrogen) atoms. The number of ether oxygens (including phenoxy) is 1. The predicted octanol–water partition coefficient (Wildman–Crippen LogP) is 6.17. The molecular weight excluding hydrogens is 384 g/mol. The van der Waals surface area contributed by atoms with Gasteiger partial charge in [0.1, 0.15) is 6.10 Å². The third kappa shape index (κ3) is 3.39. The lowest BCUT2D eigenvalue weighted by molar-refractivity contribution is -0.0715. The highest BCUT2D eigenvalue weighted by atomic mass is 16.5. The third-order valence-corrected chi connectivity index (χ3v) is 10.0. The number of carbonyl (C=O) groups is 1. The second-order valence-corrected chi connectivity index (χ2v) is 11.4. The number of fused-ring (bicyclic) bond motifs is 5. The van der Waals surface area contributed by atoms with Crippen molar-refractivity contribution in [3.63, 3.8) is 0 Å². The van der Waals surface area contributed by atoms with Gasteiger partial charge in [-0.1, -0.05) is 43.7 Å². The molecule has 3 heteroatoms. The van der Waals surface area contributed by atoms with E-state index in [0.717, 1.165) is 37.0 Å². The highest BCUT2D eigenvalue weighted by molar-refractivity contribution is 5.89. The second kappa shape index (κ2) is 7.76. The molecule has 0 aromatic heterocycles. The fourth-order valence-corrected chi connectivity index (χ4v) is 8.35. The molecule has 3 fully saturated rings. The van der Waals surface area contributed by atoms with Gasteiger partial charge in [-0.25, -0.2) is 4.79 Å². The van der Waals surface area contributed by atoms with Crippen molar-refractivity contribution in [3.05, 3.63) is 47.5 Å². The lowest BCUT2D eigenvalue weighted by Crippen LogP contribution is -2.51. The Labute approximate surface area is 187 Å². The van der Waals surface area contributed by atoms with Gasteiger partial charge in [0, 0.05) is 5.92 Å². The number of aliphatic hydroxyl groups is 1. The molecule has 4 aliphatic carbocycles. The number of hydrogen-bond acceptors (Lipinski definition) is 3. The van der Waals surface area contributed by atoms with E-state index in [1.807, 2.05) is 30.3 Å². The molecule has 0 saturated heterocycles. The number of esters is 1. The van der Waals surface area contributed by atoms with Gasteiger partial charge in [0.2, 0.25) is 0 Å². The summed E-state index contributed by atoms with van der Waals surface area (Å²) in [6.45, 7) is 7.10. The lowest BCUT2D eigenvalue weighted by Gasteiger charge is -2.58. The average Bonchev–Trinajstić information content (AvgIpc) is 3.12. The Kier molecular flexibility index (Phi) is 5.32. The topological polar surface area (TPSA) is 46.5 Å². The minimum absolute atomic E-state index is 0.0469. The zero-order valence-electron chi connectivity index (χ0n) is 19.3. The summed E-state index contributed by atoms with van der Waals surface area (Å²) in [4.78, 5) is 12.7. The highest BCUT2D eigenvalue weighted by Crippen LogP contribution is 2.66. The second-order valence-electron chi connectivity index (χ2n) is 11.4. The van der Waals surface area contributed by atoms with Crippen molar-refractivity contribution in [2.45, 2.75) is 84.3 Å². The molecule has 4 aliphatic rings. The van der Waals surface area contributed by atoms with Crippen molar-refractivity contribution in [2.75, 3.05) is 0 Å². The number of rotatable bonds is 3. The maximum absolute atomic E-state index is 12.7. The van der Waals surface area contributed by atoms with Crippen LogP contribution in [0.3, 0.4) is 0 Å². The summed E-state index contributed by atoms with van der Waals surface area (Å²) in [5, 5.41) is 10.2. The van der Waals surface area contributed by atoms with E-state index in [0.29, 0.717) is 11.5 Å². The van der Waals surface area contributed by atoms with Crippen LogP contribution in [0.2, 0.25) is 0 Å². The molecule has 168 valence electrons. The maximum Gasteiger partial charge on any atom is 0.338 e.